The first kappa shape index (κ1) is 19.4. The number of benzene rings is 3. The van der Waals surface area contributed by atoms with Crippen LogP contribution in [0.4, 0.5) is 0 Å². The van der Waals surface area contributed by atoms with Crippen molar-refractivity contribution in [3.8, 4) is 0 Å². The van der Waals surface area contributed by atoms with Crippen molar-refractivity contribution in [2.75, 3.05) is 0 Å². The van der Waals surface area contributed by atoms with Gasteiger partial charge in [-0.1, -0.05) is 54.1 Å². The zero-order valence-electron chi connectivity index (χ0n) is 14.6. The molecule has 0 radical (unpaired) electrons. The second kappa shape index (κ2) is 8.08. The zero-order chi connectivity index (χ0) is 19.4. The maximum Gasteiger partial charge on any atom is 0.241 e. The Hall–Kier alpha value is -2.41. The third-order valence-corrected chi connectivity index (χ3v) is 5.93. The fraction of sp³-hybridized carbons (Fsp3) is 0.150. The highest BCUT2D eigenvalue weighted by Crippen LogP contribution is 2.19. The lowest BCUT2D eigenvalue weighted by atomic mass is 10.1. The molecule has 2 N–H and O–H groups in total. The van der Waals surface area contributed by atoms with E-state index in [1.54, 1.807) is 36.4 Å². The largest absolute Gasteiger partial charge is 0.351 e. The van der Waals surface area contributed by atoms with E-state index in [1.807, 2.05) is 24.3 Å². The fourth-order valence-electron chi connectivity index (χ4n) is 2.63. The summed E-state index contributed by atoms with van der Waals surface area (Å²) in [4.78, 5) is 12.4. The topological polar surface area (TPSA) is 75.3 Å². The van der Waals surface area contributed by atoms with E-state index < -0.39 is 22.0 Å². The number of fused-ring (bicyclic) bond motifs is 1. The minimum absolute atomic E-state index is 0.124. The van der Waals surface area contributed by atoms with E-state index in [-0.39, 0.29) is 11.4 Å². The molecule has 7 heteroatoms. The molecular weight excluding hydrogens is 384 g/mol. The molecule has 0 aliphatic rings. The Bertz CT molecular complexity index is 1070. The first-order valence-electron chi connectivity index (χ1n) is 8.38. The molecular formula is C20H19ClN2O3S. The van der Waals surface area contributed by atoms with Crippen molar-refractivity contribution in [2.24, 2.45) is 0 Å². The maximum absolute atomic E-state index is 12.6. The summed E-state index contributed by atoms with van der Waals surface area (Å²) < 4.78 is 27.6. The number of halogens is 1. The van der Waals surface area contributed by atoms with Crippen LogP contribution in [-0.2, 0) is 21.4 Å². The highest BCUT2D eigenvalue weighted by Gasteiger charge is 2.22. The van der Waals surface area contributed by atoms with Gasteiger partial charge < -0.3 is 5.32 Å². The lowest BCUT2D eigenvalue weighted by molar-refractivity contribution is -0.122. The molecule has 0 saturated carbocycles. The van der Waals surface area contributed by atoms with Crippen LogP contribution >= 0.6 is 11.6 Å². The number of carbonyl (C=O) groups excluding carboxylic acids is 1. The number of carbonyl (C=O) groups is 1. The molecule has 5 nitrogen and oxygen atoms in total. The third-order valence-electron chi connectivity index (χ3n) is 4.14. The van der Waals surface area contributed by atoms with Crippen LogP contribution in [0.2, 0.25) is 5.02 Å². The number of sulfonamides is 1. The van der Waals surface area contributed by atoms with Gasteiger partial charge in [-0.25, -0.2) is 8.42 Å². The van der Waals surface area contributed by atoms with Gasteiger partial charge in [0.25, 0.3) is 0 Å². The average Bonchev–Trinajstić information content (AvgIpc) is 2.66. The van der Waals surface area contributed by atoms with Crippen LogP contribution in [0.1, 0.15) is 12.5 Å². The van der Waals surface area contributed by atoms with Gasteiger partial charge in [-0.3, -0.25) is 4.79 Å². The van der Waals surface area contributed by atoms with E-state index in [0.717, 1.165) is 16.3 Å². The third kappa shape index (κ3) is 4.86. The molecule has 0 fully saturated rings. The van der Waals surface area contributed by atoms with Crippen LogP contribution in [0.15, 0.2) is 71.6 Å². The number of rotatable bonds is 6. The summed E-state index contributed by atoms with van der Waals surface area (Å²) in [7, 11) is -3.81. The normalized spacial score (nSPS) is 12.7. The van der Waals surface area contributed by atoms with E-state index in [0.29, 0.717) is 5.02 Å². The molecule has 0 aliphatic carbocycles. The molecule has 0 bridgehead atoms. The van der Waals surface area contributed by atoms with Crippen molar-refractivity contribution in [3.63, 3.8) is 0 Å². The summed E-state index contributed by atoms with van der Waals surface area (Å²) in [5, 5.41) is 5.09. The van der Waals surface area contributed by atoms with Crippen LogP contribution in [0.3, 0.4) is 0 Å². The van der Waals surface area contributed by atoms with Crippen LogP contribution in [0, 0.1) is 0 Å². The van der Waals surface area contributed by atoms with Crippen molar-refractivity contribution in [1.29, 1.82) is 0 Å². The Morgan fingerprint density at radius 2 is 1.67 bits per heavy atom. The van der Waals surface area contributed by atoms with Crippen molar-refractivity contribution in [2.45, 2.75) is 24.4 Å². The van der Waals surface area contributed by atoms with Crippen LogP contribution in [-0.4, -0.2) is 20.4 Å². The van der Waals surface area contributed by atoms with Crippen LogP contribution < -0.4 is 10.0 Å². The number of hydrogen-bond acceptors (Lipinski definition) is 3. The monoisotopic (exact) mass is 402 g/mol. The molecule has 3 aromatic rings. The quantitative estimate of drug-likeness (QED) is 0.662. The minimum atomic E-state index is -3.81. The van der Waals surface area contributed by atoms with Gasteiger partial charge in [-0.15, -0.1) is 0 Å². The molecule has 1 unspecified atom stereocenters. The lowest BCUT2D eigenvalue weighted by Gasteiger charge is -2.15. The average molecular weight is 403 g/mol. The van der Waals surface area contributed by atoms with Crippen LogP contribution in [0.25, 0.3) is 10.8 Å². The lowest BCUT2D eigenvalue weighted by Crippen LogP contribution is -2.44. The van der Waals surface area contributed by atoms with Gasteiger partial charge in [0.2, 0.25) is 15.9 Å². The molecule has 3 aromatic carbocycles. The SMILES string of the molecule is CC(NS(=O)(=O)c1ccc2ccccc2c1)C(=O)NCc1ccc(Cl)cc1. The second-order valence-electron chi connectivity index (χ2n) is 6.20. The summed E-state index contributed by atoms with van der Waals surface area (Å²) in [6.07, 6.45) is 0. The Labute approximate surface area is 163 Å². The summed E-state index contributed by atoms with van der Waals surface area (Å²) in [6, 6.07) is 18.5. The maximum atomic E-state index is 12.6. The van der Waals surface area contributed by atoms with E-state index >= 15 is 0 Å². The van der Waals surface area contributed by atoms with Gasteiger partial charge in [0.15, 0.2) is 0 Å². The van der Waals surface area contributed by atoms with E-state index in [1.165, 1.54) is 13.0 Å². The molecule has 0 heterocycles. The van der Waals surface area contributed by atoms with E-state index in [9.17, 15) is 13.2 Å². The standard InChI is InChI=1S/C20H19ClN2O3S/c1-14(20(24)22-13-15-6-9-18(21)10-7-15)23-27(25,26)19-11-8-16-4-2-3-5-17(16)12-19/h2-12,14,23H,13H2,1H3,(H,22,24). The molecule has 140 valence electrons. The van der Waals surface area contributed by atoms with Crippen molar-refractivity contribution in [1.82, 2.24) is 10.0 Å². The Morgan fingerprint density at radius 3 is 2.37 bits per heavy atom. The Kier molecular flexibility index (Phi) is 5.79. The van der Waals surface area contributed by atoms with Crippen molar-refractivity contribution in [3.05, 3.63) is 77.3 Å². The molecule has 0 aliphatic heterocycles. The number of amides is 1. The Morgan fingerprint density at radius 1 is 1.00 bits per heavy atom. The first-order chi connectivity index (χ1) is 12.8. The van der Waals surface area contributed by atoms with Gasteiger partial charge in [0.05, 0.1) is 10.9 Å². The van der Waals surface area contributed by atoms with Gasteiger partial charge >= 0.3 is 0 Å². The summed E-state index contributed by atoms with van der Waals surface area (Å²) in [6.45, 7) is 1.80. The fourth-order valence-corrected chi connectivity index (χ4v) is 4.00. The minimum Gasteiger partial charge on any atom is -0.351 e. The van der Waals surface area contributed by atoms with Gasteiger partial charge in [-0.05, 0) is 47.5 Å². The molecule has 27 heavy (non-hydrogen) atoms. The van der Waals surface area contributed by atoms with Crippen LogP contribution in [0.5, 0.6) is 0 Å². The van der Waals surface area contributed by atoms with Gasteiger partial charge in [0, 0.05) is 11.6 Å². The van der Waals surface area contributed by atoms with Gasteiger partial charge in [-0.2, -0.15) is 4.72 Å². The smallest absolute Gasteiger partial charge is 0.241 e. The predicted molar refractivity (Wildman–Crippen MR) is 107 cm³/mol. The van der Waals surface area contributed by atoms with Crippen molar-refractivity contribution < 1.29 is 13.2 Å². The number of nitrogens with one attached hydrogen (secondary N) is 2. The highest BCUT2D eigenvalue weighted by atomic mass is 35.5. The predicted octanol–water partition coefficient (Wildman–Crippen LogP) is 3.48. The molecule has 1 amide bonds. The number of hydrogen-bond donors (Lipinski definition) is 2. The van der Waals surface area contributed by atoms with E-state index in [2.05, 4.69) is 10.0 Å². The molecule has 0 spiro atoms. The summed E-state index contributed by atoms with van der Waals surface area (Å²) in [5.74, 6) is -0.408. The molecule has 0 saturated heterocycles. The molecule has 3 rings (SSSR count). The van der Waals surface area contributed by atoms with Crippen molar-refractivity contribution >= 4 is 38.3 Å². The van der Waals surface area contributed by atoms with E-state index in [4.69, 9.17) is 11.6 Å². The highest BCUT2D eigenvalue weighted by molar-refractivity contribution is 7.89. The zero-order valence-corrected chi connectivity index (χ0v) is 16.2. The first-order valence-corrected chi connectivity index (χ1v) is 10.2. The Balaban J connectivity index is 1.66. The second-order valence-corrected chi connectivity index (χ2v) is 8.35. The van der Waals surface area contributed by atoms with Gasteiger partial charge in [0.1, 0.15) is 0 Å². The summed E-state index contributed by atoms with van der Waals surface area (Å²) in [5.41, 5.74) is 0.873. The molecule has 1 atom stereocenters. The molecule has 0 aromatic heterocycles. The summed E-state index contributed by atoms with van der Waals surface area (Å²) >= 11 is 5.83.